The maximum absolute atomic E-state index is 5.58. The second kappa shape index (κ2) is 9.41. The van der Waals surface area contributed by atoms with Gasteiger partial charge >= 0.3 is 20.9 Å². The topological polar surface area (TPSA) is 55.4 Å². The zero-order valence-electron chi connectivity index (χ0n) is 17.5. The molecule has 0 bridgehead atoms. The Bertz CT molecular complexity index is 400. The standard InChI is InChI=1S/C6H14BNO2.C6H13BO2.C4H9BO2/c1-7-8(2,3-5-9-7)4-6-10-7;1-6(2)4-8-7(3)9-5-6;1-5-6-3-2-4-7-5/h3-6H2,1-2H3;4-5H2,1-3H3;2-4H2,1H3. The molecule has 0 aromatic rings. The minimum atomic E-state index is -0.958. The molecule has 4 heterocycles. The van der Waals surface area contributed by atoms with Gasteiger partial charge in [0, 0.05) is 38.9 Å². The highest BCUT2D eigenvalue weighted by atomic mass is 16.6. The number of rotatable bonds is 0. The first kappa shape index (κ1) is 22.2. The third-order valence-electron chi connectivity index (χ3n) is 5.60. The van der Waals surface area contributed by atoms with E-state index in [0.29, 0.717) is 0 Å². The van der Waals surface area contributed by atoms with Crippen molar-refractivity contribution in [2.24, 2.45) is 5.41 Å². The third kappa shape index (κ3) is 6.22. The van der Waals surface area contributed by atoms with Crippen LogP contribution < -0.4 is 0 Å². The van der Waals surface area contributed by atoms with Crippen LogP contribution in [-0.4, -0.2) is 85.1 Å². The van der Waals surface area contributed by atoms with Crippen molar-refractivity contribution >= 4 is 20.9 Å². The molecule has 0 spiro atoms. The summed E-state index contributed by atoms with van der Waals surface area (Å²) in [7, 11) is 2.26. The van der Waals surface area contributed by atoms with Gasteiger partial charge in [0.25, 0.3) is 0 Å². The second-order valence-electron chi connectivity index (χ2n) is 8.72. The van der Waals surface area contributed by atoms with E-state index in [4.69, 9.17) is 27.9 Å². The minimum absolute atomic E-state index is 0.00183. The Morgan fingerprint density at radius 1 is 0.808 bits per heavy atom. The van der Waals surface area contributed by atoms with Gasteiger partial charge in [-0.15, -0.1) is 0 Å². The highest BCUT2D eigenvalue weighted by Crippen LogP contribution is 2.31. The number of fused-ring (bicyclic) bond motifs is 1. The lowest BCUT2D eigenvalue weighted by Crippen LogP contribution is -2.57. The van der Waals surface area contributed by atoms with Crippen LogP contribution in [0.1, 0.15) is 20.3 Å². The molecule has 0 aromatic heterocycles. The molecule has 150 valence electrons. The summed E-state index contributed by atoms with van der Waals surface area (Å²) < 4.78 is 32.8. The van der Waals surface area contributed by atoms with Crippen LogP contribution in [0, 0.1) is 5.41 Å². The molecular formula is C16H36B3NO6. The molecule has 10 heteroatoms. The van der Waals surface area contributed by atoms with Gasteiger partial charge in [-0.2, -0.15) is 0 Å². The van der Waals surface area contributed by atoms with Gasteiger partial charge in [0.15, 0.2) is 0 Å². The smallest absolute Gasteiger partial charge is 0.469 e. The van der Waals surface area contributed by atoms with Crippen LogP contribution in [0.4, 0.5) is 0 Å². The van der Waals surface area contributed by atoms with Crippen molar-refractivity contribution in [2.75, 3.05) is 59.8 Å². The molecule has 4 aliphatic rings. The predicted octanol–water partition coefficient (Wildman–Crippen LogP) is 1.78. The van der Waals surface area contributed by atoms with Crippen LogP contribution >= 0.6 is 0 Å². The minimum Gasteiger partial charge on any atom is -0.510 e. The van der Waals surface area contributed by atoms with Crippen LogP contribution in [0.3, 0.4) is 0 Å². The van der Waals surface area contributed by atoms with Crippen molar-refractivity contribution in [3.05, 3.63) is 0 Å². The molecule has 4 rings (SSSR count). The van der Waals surface area contributed by atoms with Crippen LogP contribution in [0.15, 0.2) is 0 Å². The van der Waals surface area contributed by atoms with Crippen molar-refractivity contribution in [2.45, 2.75) is 40.7 Å². The van der Waals surface area contributed by atoms with Crippen molar-refractivity contribution in [1.29, 1.82) is 0 Å². The fourth-order valence-electron chi connectivity index (χ4n) is 3.33. The van der Waals surface area contributed by atoms with E-state index in [1.54, 1.807) is 0 Å². The fourth-order valence-corrected chi connectivity index (χ4v) is 3.33. The van der Waals surface area contributed by atoms with Crippen LogP contribution in [-0.2, 0) is 27.9 Å². The summed E-state index contributed by atoms with van der Waals surface area (Å²) >= 11 is 0. The summed E-state index contributed by atoms with van der Waals surface area (Å²) in [6.45, 7) is 16.6. The van der Waals surface area contributed by atoms with Gasteiger partial charge in [-0.05, 0) is 20.1 Å². The highest BCUT2D eigenvalue weighted by Gasteiger charge is 2.51. The summed E-state index contributed by atoms with van der Waals surface area (Å²) in [6.07, 6.45) is 1.05. The average molecular weight is 371 g/mol. The molecule has 0 unspecified atom stereocenters. The van der Waals surface area contributed by atoms with E-state index in [0.717, 1.165) is 63.5 Å². The van der Waals surface area contributed by atoms with Gasteiger partial charge in [0.1, 0.15) is 0 Å². The molecule has 0 amide bonds. The van der Waals surface area contributed by atoms with E-state index < -0.39 is 6.69 Å². The molecular weight excluding hydrogens is 335 g/mol. The number of hydrogen-bond donors (Lipinski definition) is 0. The predicted molar refractivity (Wildman–Crippen MR) is 105 cm³/mol. The van der Waals surface area contributed by atoms with E-state index in [9.17, 15) is 0 Å². The molecule has 4 fully saturated rings. The van der Waals surface area contributed by atoms with Crippen molar-refractivity contribution in [3.8, 4) is 0 Å². The zero-order chi connectivity index (χ0) is 19.3. The van der Waals surface area contributed by atoms with Crippen molar-refractivity contribution in [1.82, 2.24) is 0 Å². The molecule has 7 nitrogen and oxygen atoms in total. The third-order valence-corrected chi connectivity index (χ3v) is 5.60. The SMILES string of the molecule is CB1OCC(C)(C)CO1.CB1OCCCO1.C[B-]12OCC[N+]1(C)CCO2. The lowest BCUT2D eigenvalue weighted by molar-refractivity contribution is -0.800. The molecule has 0 N–H and O–H groups in total. The molecule has 0 aliphatic carbocycles. The first-order valence-corrected chi connectivity index (χ1v) is 9.92. The van der Waals surface area contributed by atoms with E-state index in [1.165, 1.54) is 0 Å². The maximum Gasteiger partial charge on any atom is 0.469 e. The summed E-state index contributed by atoms with van der Waals surface area (Å²) in [5.74, 6) is 0. The largest absolute Gasteiger partial charge is 0.510 e. The lowest BCUT2D eigenvalue weighted by Gasteiger charge is -2.40. The Hall–Kier alpha value is -0.0852. The number of quaternary nitrogens is 1. The first-order chi connectivity index (χ1) is 12.2. The number of hydrogen-bond acceptors (Lipinski definition) is 6. The Morgan fingerprint density at radius 3 is 1.62 bits per heavy atom. The lowest BCUT2D eigenvalue weighted by atomic mass is 9.72. The molecule has 26 heavy (non-hydrogen) atoms. The first-order valence-electron chi connectivity index (χ1n) is 9.92. The molecule has 4 aliphatic heterocycles. The van der Waals surface area contributed by atoms with Gasteiger partial charge in [0.2, 0.25) is 0 Å². The molecule has 0 aromatic carbocycles. The van der Waals surface area contributed by atoms with E-state index in [1.807, 2.05) is 13.6 Å². The van der Waals surface area contributed by atoms with Crippen LogP contribution in [0.2, 0.25) is 20.5 Å². The second-order valence-corrected chi connectivity index (χ2v) is 8.72. The number of likely N-dealkylation sites (N-methyl/N-ethyl adjacent to an activating group) is 1. The van der Waals surface area contributed by atoms with Crippen LogP contribution in [0.5, 0.6) is 0 Å². The highest BCUT2D eigenvalue weighted by molar-refractivity contribution is 6.59. The van der Waals surface area contributed by atoms with Gasteiger partial charge in [0.05, 0.1) is 26.3 Å². The van der Waals surface area contributed by atoms with Gasteiger partial charge in [-0.3, -0.25) is 0 Å². The molecule has 0 saturated carbocycles. The normalized spacial score (nSPS) is 35.8. The Morgan fingerprint density at radius 2 is 1.27 bits per heavy atom. The quantitative estimate of drug-likeness (QED) is 0.606. The summed E-state index contributed by atoms with van der Waals surface area (Å²) in [6, 6.07) is 0. The molecule has 4 saturated heterocycles. The maximum atomic E-state index is 5.58. The van der Waals surface area contributed by atoms with Gasteiger partial charge < -0.3 is 32.3 Å². The fraction of sp³-hybridized carbons (Fsp3) is 1.00. The Kier molecular flexibility index (Phi) is 8.04. The van der Waals surface area contributed by atoms with E-state index in [2.05, 4.69) is 27.7 Å². The Balaban J connectivity index is 0.000000143. The zero-order valence-corrected chi connectivity index (χ0v) is 17.5. The monoisotopic (exact) mass is 371 g/mol. The van der Waals surface area contributed by atoms with Gasteiger partial charge in [-0.1, -0.05) is 20.7 Å². The summed E-state index contributed by atoms with van der Waals surface area (Å²) in [4.78, 5) is 0. The average Bonchev–Trinajstić information content (AvgIpc) is 3.03. The summed E-state index contributed by atoms with van der Waals surface area (Å²) in [5, 5.41) is 0. The summed E-state index contributed by atoms with van der Waals surface area (Å²) in [5.41, 5.74) is 0.215. The van der Waals surface area contributed by atoms with E-state index >= 15 is 0 Å². The van der Waals surface area contributed by atoms with Crippen molar-refractivity contribution in [3.63, 3.8) is 0 Å². The van der Waals surface area contributed by atoms with Crippen molar-refractivity contribution < 1.29 is 32.3 Å². The Labute approximate surface area is 159 Å². The van der Waals surface area contributed by atoms with Gasteiger partial charge in [-0.25, -0.2) is 0 Å². The number of nitrogens with zero attached hydrogens (tertiary/aromatic N) is 1. The molecule has 0 radical (unpaired) electrons. The van der Waals surface area contributed by atoms with E-state index in [-0.39, 0.29) is 19.7 Å². The van der Waals surface area contributed by atoms with Crippen LogP contribution in [0.25, 0.3) is 0 Å². The molecule has 0 atom stereocenters.